The zero-order chi connectivity index (χ0) is 7.66. The molecule has 0 fully saturated rings. The Balaban J connectivity index is 3.19. The van der Waals surface area contributed by atoms with Gasteiger partial charge in [-0.15, -0.1) is 0 Å². The zero-order valence-corrected chi connectivity index (χ0v) is 6.43. The number of aliphatic hydroxyl groups is 1. The van der Waals surface area contributed by atoms with Crippen molar-refractivity contribution in [2.24, 2.45) is 0 Å². The Bertz CT molecular complexity index is 137. The predicted octanol–water partition coefficient (Wildman–Crippen LogP) is 1.73. The van der Waals surface area contributed by atoms with Crippen LogP contribution in [0.1, 0.15) is 26.2 Å². The van der Waals surface area contributed by atoms with Crippen LogP contribution in [0.25, 0.3) is 0 Å². The summed E-state index contributed by atoms with van der Waals surface area (Å²) in [6, 6.07) is 0. The lowest BCUT2D eigenvalue weighted by Crippen LogP contribution is -1.69. The van der Waals surface area contributed by atoms with Gasteiger partial charge in [0.1, 0.15) is 6.61 Å². The summed E-state index contributed by atoms with van der Waals surface area (Å²) in [5.74, 6) is 5.26. The Morgan fingerprint density at radius 1 is 1.50 bits per heavy atom. The predicted molar refractivity (Wildman–Crippen MR) is 43.5 cm³/mol. The molecule has 1 heteroatoms. The number of hydrogen-bond acceptors (Lipinski definition) is 1. The third kappa shape index (κ3) is 7.26. The fraction of sp³-hybridized carbons (Fsp3) is 0.556. The van der Waals surface area contributed by atoms with Gasteiger partial charge in [0, 0.05) is 0 Å². The lowest BCUT2D eigenvalue weighted by Gasteiger charge is -1.83. The molecule has 0 aliphatic heterocycles. The largest absolute Gasteiger partial charge is 0.384 e. The summed E-state index contributed by atoms with van der Waals surface area (Å²) >= 11 is 0. The maximum atomic E-state index is 8.26. The van der Waals surface area contributed by atoms with Crippen molar-refractivity contribution in [3.05, 3.63) is 12.2 Å². The van der Waals surface area contributed by atoms with E-state index >= 15 is 0 Å². The van der Waals surface area contributed by atoms with Gasteiger partial charge in [-0.05, 0) is 12.5 Å². The lowest BCUT2D eigenvalue weighted by molar-refractivity contribution is 0.350. The van der Waals surface area contributed by atoms with E-state index in [4.69, 9.17) is 5.11 Å². The van der Waals surface area contributed by atoms with Crippen molar-refractivity contribution in [1.82, 2.24) is 0 Å². The molecule has 0 aliphatic carbocycles. The van der Waals surface area contributed by atoms with Crippen molar-refractivity contribution >= 4 is 0 Å². The molecule has 0 aliphatic rings. The van der Waals surface area contributed by atoms with Crippen molar-refractivity contribution in [1.29, 1.82) is 0 Å². The van der Waals surface area contributed by atoms with Crippen LogP contribution in [0.2, 0.25) is 0 Å². The van der Waals surface area contributed by atoms with Gasteiger partial charge in [-0.2, -0.15) is 0 Å². The molecule has 0 heterocycles. The van der Waals surface area contributed by atoms with Crippen LogP contribution in [-0.2, 0) is 0 Å². The highest BCUT2D eigenvalue weighted by Crippen LogP contribution is 1.93. The Hall–Kier alpha value is -0.740. The highest BCUT2D eigenvalue weighted by Gasteiger charge is 1.74. The molecule has 0 unspecified atom stereocenters. The van der Waals surface area contributed by atoms with Gasteiger partial charge in [-0.3, -0.25) is 0 Å². The first-order valence-electron chi connectivity index (χ1n) is 3.66. The van der Waals surface area contributed by atoms with Crippen LogP contribution < -0.4 is 0 Å². The molecule has 0 saturated heterocycles. The molecule has 0 saturated carbocycles. The average Bonchev–Trinajstić information content (AvgIpc) is 1.97. The minimum atomic E-state index is -0.0435. The van der Waals surface area contributed by atoms with Crippen molar-refractivity contribution in [2.75, 3.05) is 6.61 Å². The van der Waals surface area contributed by atoms with Crippen LogP contribution in [0.5, 0.6) is 0 Å². The van der Waals surface area contributed by atoms with Crippen molar-refractivity contribution < 1.29 is 5.11 Å². The van der Waals surface area contributed by atoms with E-state index in [0.717, 1.165) is 6.42 Å². The smallest absolute Gasteiger partial charge is 0.104 e. The standard InChI is InChI=1S/C9H14O/c1-2-3-4-5-6-7-8-9-10/h5-6,10H,2-4,9H2,1H3/b6-5-. The molecule has 0 amide bonds. The van der Waals surface area contributed by atoms with E-state index in [0.29, 0.717) is 0 Å². The third-order valence-electron chi connectivity index (χ3n) is 1.11. The minimum Gasteiger partial charge on any atom is -0.384 e. The monoisotopic (exact) mass is 138 g/mol. The molecular weight excluding hydrogens is 124 g/mol. The van der Waals surface area contributed by atoms with E-state index in [1.165, 1.54) is 12.8 Å². The maximum Gasteiger partial charge on any atom is 0.104 e. The molecule has 0 rings (SSSR count). The van der Waals surface area contributed by atoms with E-state index in [2.05, 4.69) is 18.8 Å². The Morgan fingerprint density at radius 3 is 2.90 bits per heavy atom. The van der Waals surface area contributed by atoms with Gasteiger partial charge in [0.15, 0.2) is 0 Å². The molecule has 56 valence electrons. The first-order valence-corrected chi connectivity index (χ1v) is 3.66. The van der Waals surface area contributed by atoms with Crippen LogP contribution in [-0.4, -0.2) is 11.7 Å². The van der Waals surface area contributed by atoms with Crippen molar-refractivity contribution in [3.63, 3.8) is 0 Å². The fourth-order valence-electron chi connectivity index (χ4n) is 0.569. The Kier molecular flexibility index (Phi) is 7.65. The van der Waals surface area contributed by atoms with Crippen LogP contribution in [0.4, 0.5) is 0 Å². The number of allylic oxidation sites excluding steroid dienone is 2. The summed E-state index contributed by atoms with van der Waals surface area (Å²) in [5.41, 5.74) is 0. The van der Waals surface area contributed by atoms with Crippen LogP contribution in [0.3, 0.4) is 0 Å². The van der Waals surface area contributed by atoms with Crippen LogP contribution in [0.15, 0.2) is 12.2 Å². The van der Waals surface area contributed by atoms with Gasteiger partial charge in [0.25, 0.3) is 0 Å². The van der Waals surface area contributed by atoms with E-state index in [1.54, 1.807) is 6.08 Å². The Labute approximate surface area is 62.8 Å². The lowest BCUT2D eigenvalue weighted by atomic mass is 10.2. The molecule has 0 aromatic carbocycles. The van der Waals surface area contributed by atoms with Gasteiger partial charge in [0.05, 0.1) is 0 Å². The number of rotatable bonds is 3. The molecular formula is C9H14O. The van der Waals surface area contributed by atoms with Gasteiger partial charge < -0.3 is 5.11 Å². The summed E-state index contributed by atoms with van der Waals surface area (Å²) in [6.45, 7) is 2.12. The maximum absolute atomic E-state index is 8.26. The van der Waals surface area contributed by atoms with Crippen LogP contribution >= 0.6 is 0 Å². The third-order valence-corrected chi connectivity index (χ3v) is 1.11. The second-order valence-corrected chi connectivity index (χ2v) is 2.02. The number of unbranched alkanes of at least 4 members (excludes halogenated alkanes) is 2. The molecule has 1 nitrogen and oxygen atoms in total. The minimum absolute atomic E-state index is 0.0435. The molecule has 10 heavy (non-hydrogen) atoms. The highest BCUT2D eigenvalue weighted by atomic mass is 16.2. The quantitative estimate of drug-likeness (QED) is 0.465. The molecule has 0 radical (unpaired) electrons. The van der Waals surface area contributed by atoms with Crippen molar-refractivity contribution in [3.8, 4) is 11.8 Å². The topological polar surface area (TPSA) is 20.2 Å². The first-order chi connectivity index (χ1) is 4.91. The molecule has 0 aromatic rings. The summed E-state index contributed by atoms with van der Waals surface area (Å²) in [6.07, 6.45) is 7.36. The Morgan fingerprint density at radius 2 is 2.30 bits per heavy atom. The van der Waals surface area contributed by atoms with Gasteiger partial charge >= 0.3 is 0 Å². The summed E-state index contributed by atoms with van der Waals surface area (Å²) in [7, 11) is 0. The van der Waals surface area contributed by atoms with E-state index < -0.39 is 0 Å². The first kappa shape index (κ1) is 9.26. The van der Waals surface area contributed by atoms with E-state index in [9.17, 15) is 0 Å². The number of aliphatic hydroxyl groups excluding tert-OH is 1. The second kappa shape index (κ2) is 8.26. The summed E-state index contributed by atoms with van der Waals surface area (Å²) in [5, 5.41) is 8.26. The molecule has 0 atom stereocenters. The summed E-state index contributed by atoms with van der Waals surface area (Å²) in [4.78, 5) is 0. The van der Waals surface area contributed by atoms with E-state index in [-0.39, 0.29) is 6.61 Å². The number of hydrogen-bond donors (Lipinski definition) is 1. The molecule has 1 N–H and O–H groups in total. The molecule has 0 aromatic heterocycles. The van der Waals surface area contributed by atoms with Gasteiger partial charge in [-0.25, -0.2) is 0 Å². The molecule has 0 spiro atoms. The van der Waals surface area contributed by atoms with E-state index in [1.807, 2.05) is 6.08 Å². The second-order valence-electron chi connectivity index (χ2n) is 2.02. The molecule has 0 bridgehead atoms. The average molecular weight is 138 g/mol. The SMILES string of the molecule is CCCC/C=C\C#CCO. The van der Waals surface area contributed by atoms with Gasteiger partial charge in [0.2, 0.25) is 0 Å². The van der Waals surface area contributed by atoms with Gasteiger partial charge in [-0.1, -0.05) is 37.7 Å². The zero-order valence-electron chi connectivity index (χ0n) is 6.43. The fourth-order valence-corrected chi connectivity index (χ4v) is 0.569. The normalized spacial score (nSPS) is 9.40. The van der Waals surface area contributed by atoms with Crippen molar-refractivity contribution in [2.45, 2.75) is 26.2 Å². The summed E-state index contributed by atoms with van der Waals surface area (Å²) < 4.78 is 0. The highest BCUT2D eigenvalue weighted by molar-refractivity contribution is 5.14. The van der Waals surface area contributed by atoms with Crippen LogP contribution in [0, 0.1) is 11.8 Å².